The third kappa shape index (κ3) is 3.69. The first-order chi connectivity index (χ1) is 10.4. The Bertz CT molecular complexity index is 457. The molecule has 2 unspecified atom stereocenters. The van der Waals surface area contributed by atoms with Crippen LogP contribution in [0.1, 0.15) is 43.7 Å². The average molecular weight is 291 g/mol. The van der Waals surface area contributed by atoms with Gasteiger partial charge in [-0.1, -0.05) is 6.07 Å². The Labute approximate surface area is 126 Å². The highest BCUT2D eigenvalue weighted by atomic mass is 16.5. The van der Waals surface area contributed by atoms with Crippen molar-refractivity contribution in [3.8, 4) is 11.5 Å². The van der Waals surface area contributed by atoms with Crippen molar-refractivity contribution >= 4 is 0 Å². The monoisotopic (exact) mass is 291 g/mol. The normalized spacial score (nSPS) is 23.4. The lowest BCUT2D eigenvalue weighted by Crippen LogP contribution is -2.26. The first-order valence-corrected chi connectivity index (χ1v) is 8.05. The molecule has 0 aromatic heterocycles. The van der Waals surface area contributed by atoms with E-state index in [1.165, 1.54) is 24.8 Å². The molecule has 1 fully saturated rings. The molecule has 0 aliphatic carbocycles. The standard InChI is InChI=1S/C17H25NO3/c1-18-15(12-14-5-2-3-8-19-14)13-6-7-16-17(11-13)21-10-4-9-20-16/h6-7,11,14-15,18H,2-5,8-10,12H2,1H3. The lowest BCUT2D eigenvalue weighted by atomic mass is 9.96. The van der Waals surface area contributed by atoms with Crippen LogP contribution in [0.3, 0.4) is 0 Å². The van der Waals surface area contributed by atoms with Crippen LogP contribution in [0.2, 0.25) is 0 Å². The molecule has 2 atom stereocenters. The van der Waals surface area contributed by atoms with Gasteiger partial charge in [0.1, 0.15) is 0 Å². The van der Waals surface area contributed by atoms with Gasteiger partial charge in [0.2, 0.25) is 0 Å². The molecular formula is C17H25NO3. The topological polar surface area (TPSA) is 39.7 Å². The van der Waals surface area contributed by atoms with Crippen molar-refractivity contribution in [2.75, 3.05) is 26.9 Å². The summed E-state index contributed by atoms with van der Waals surface area (Å²) < 4.78 is 17.4. The van der Waals surface area contributed by atoms with Gasteiger partial charge in [-0.15, -0.1) is 0 Å². The molecule has 2 aliphatic rings. The molecule has 2 aliphatic heterocycles. The summed E-state index contributed by atoms with van der Waals surface area (Å²) >= 11 is 0. The summed E-state index contributed by atoms with van der Waals surface area (Å²) in [6.45, 7) is 2.37. The minimum absolute atomic E-state index is 0.297. The first kappa shape index (κ1) is 14.7. The molecular weight excluding hydrogens is 266 g/mol. The highest BCUT2D eigenvalue weighted by molar-refractivity contribution is 5.44. The Morgan fingerprint density at radius 1 is 1.10 bits per heavy atom. The molecule has 116 valence electrons. The fraction of sp³-hybridized carbons (Fsp3) is 0.647. The lowest BCUT2D eigenvalue weighted by Gasteiger charge is -2.27. The Kier molecular flexibility index (Phi) is 4.99. The molecule has 0 radical (unpaired) electrons. The van der Waals surface area contributed by atoms with Crippen molar-refractivity contribution in [2.24, 2.45) is 0 Å². The van der Waals surface area contributed by atoms with Crippen molar-refractivity contribution in [1.29, 1.82) is 0 Å². The zero-order valence-corrected chi connectivity index (χ0v) is 12.8. The van der Waals surface area contributed by atoms with E-state index in [0.717, 1.165) is 44.2 Å². The van der Waals surface area contributed by atoms with Gasteiger partial charge in [-0.3, -0.25) is 0 Å². The third-order valence-corrected chi connectivity index (χ3v) is 4.29. The Morgan fingerprint density at radius 2 is 1.95 bits per heavy atom. The zero-order chi connectivity index (χ0) is 14.5. The SMILES string of the molecule is CNC(CC1CCCCO1)c1ccc2c(c1)OCCCO2. The molecule has 0 amide bonds. The van der Waals surface area contributed by atoms with Crippen molar-refractivity contribution in [2.45, 2.75) is 44.2 Å². The zero-order valence-electron chi connectivity index (χ0n) is 12.8. The van der Waals surface area contributed by atoms with Crippen molar-refractivity contribution in [1.82, 2.24) is 5.32 Å². The Morgan fingerprint density at radius 3 is 2.71 bits per heavy atom. The first-order valence-electron chi connectivity index (χ1n) is 8.05. The molecule has 4 heteroatoms. The predicted octanol–water partition coefficient (Wildman–Crippen LogP) is 3.07. The summed E-state index contributed by atoms with van der Waals surface area (Å²) in [5.74, 6) is 1.73. The maximum absolute atomic E-state index is 5.87. The smallest absolute Gasteiger partial charge is 0.161 e. The Balaban J connectivity index is 1.72. The van der Waals surface area contributed by atoms with E-state index in [9.17, 15) is 0 Å². The van der Waals surface area contributed by atoms with Gasteiger partial charge < -0.3 is 19.5 Å². The summed E-state index contributed by atoms with van der Waals surface area (Å²) in [6.07, 6.45) is 5.97. The maximum Gasteiger partial charge on any atom is 0.161 e. The maximum atomic E-state index is 5.87. The highest BCUT2D eigenvalue weighted by Crippen LogP contribution is 2.34. The summed E-state index contributed by atoms with van der Waals surface area (Å²) in [5, 5.41) is 3.41. The van der Waals surface area contributed by atoms with Crippen molar-refractivity contribution in [3.63, 3.8) is 0 Å². The second kappa shape index (κ2) is 7.14. The molecule has 2 heterocycles. The molecule has 3 rings (SSSR count). The van der Waals surface area contributed by atoms with Crippen molar-refractivity contribution < 1.29 is 14.2 Å². The van der Waals surface area contributed by atoms with Gasteiger partial charge in [-0.2, -0.15) is 0 Å². The largest absolute Gasteiger partial charge is 0.490 e. The van der Waals surface area contributed by atoms with Gasteiger partial charge in [0.05, 0.1) is 19.3 Å². The fourth-order valence-electron chi connectivity index (χ4n) is 3.07. The van der Waals surface area contributed by atoms with Crippen molar-refractivity contribution in [3.05, 3.63) is 23.8 Å². The quantitative estimate of drug-likeness (QED) is 0.925. The summed E-state index contributed by atoms with van der Waals surface area (Å²) in [5.41, 5.74) is 1.25. The van der Waals surface area contributed by atoms with Crippen LogP contribution in [-0.2, 0) is 4.74 Å². The summed E-state index contributed by atoms with van der Waals surface area (Å²) in [4.78, 5) is 0. The Hall–Kier alpha value is -1.26. The molecule has 21 heavy (non-hydrogen) atoms. The van der Waals surface area contributed by atoms with Crippen LogP contribution in [0.5, 0.6) is 11.5 Å². The number of hydrogen-bond acceptors (Lipinski definition) is 4. The molecule has 1 saturated heterocycles. The molecule has 1 aromatic rings. The van der Waals surface area contributed by atoms with Gasteiger partial charge in [0.15, 0.2) is 11.5 Å². The predicted molar refractivity (Wildman–Crippen MR) is 82.1 cm³/mol. The average Bonchev–Trinajstić information content (AvgIpc) is 2.78. The number of hydrogen-bond donors (Lipinski definition) is 1. The van der Waals surface area contributed by atoms with E-state index in [4.69, 9.17) is 14.2 Å². The highest BCUT2D eigenvalue weighted by Gasteiger charge is 2.21. The third-order valence-electron chi connectivity index (χ3n) is 4.29. The second-order valence-electron chi connectivity index (χ2n) is 5.82. The number of rotatable bonds is 4. The van der Waals surface area contributed by atoms with Gasteiger partial charge in [-0.25, -0.2) is 0 Å². The number of benzene rings is 1. The van der Waals surface area contributed by atoms with Gasteiger partial charge in [0.25, 0.3) is 0 Å². The van der Waals surface area contributed by atoms with Crippen LogP contribution in [0.25, 0.3) is 0 Å². The van der Waals surface area contributed by atoms with Gasteiger partial charge in [-0.05, 0) is 50.4 Å². The van der Waals surface area contributed by atoms with E-state index in [2.05, 4.69) is 17.4 Å². The van der Waals surface area contributed by atoms with E-state index in [1.807, 2.05) is 13.1 Å². The molecule has 0 spiro atoms. The van der Waals surface area contributed by atoms with Crippen LogP contribution >= 0.6 is 0 Å². The number of fused-ring (bicyclic) bond motifs is 1. The van der Waals surface area contributed by atoms with E-state index < -0.39 is 0 Å². The van der Waals surface area contributed by atoms with Crippen LogP contribution in [0.4, 0.5) is 0 Å². The van der Waals surface area contributed by atoms with Crippen LogP contribution in [0.15, 0.2) is 18.2 Å². The molecule has 1 aromatic carbocycles. The van der Waals surface area contributed by atoms with Crippen LogP contribution in [-0.4, -0.2) is 33.0 Å². The summed E-state index contributed by atoms with van der Waals surface area (Å²) in [7, 11) is 2.01. The minimum Gasteiger partial charge on any atom is -0.490 e. The van der Waals surface area contributed by atoms with E-state index in [-0.39, 0.29) is 0 Å². The van der Waals surface area contributed by atoms with E-state index >= 15 is 0 Å². The molecule has 0 saturated carbocycles. The second-order valence-corrected chi connectivity index (χ2v) is 5.82. The molecule has 0 bridgehead atoms. The number of nitrogens with one attached hydrogen (secondary N) is 1. The summed E-state index contributed by atoms with van der Waals surface area (Å²) in [6, 6.07) is 6.58. The molecule has 4 nitrogen and oxygen atoms in total. The molecule has 1 N–H and O–H groups in total. The van der Waals surface area contributed by atoms with Gasteiger partial charge in [0, 0.05) is 19.1 Å². The van der Waals surface area contributed by atoms with Crippen LogP contribution in [0, 0.1) is 0 Å². The minimum atomic E-state index is 0.297. The van der Waals surface area contributed by atoms with Gasteiger partial charge >= 0.3 is 0 Å². The van der Waals surface area contributed by atoms with E-state index in [0.29, 0.717) is 12.1 Å². The van der Waals surface area contributed by atoms with Crippen LogP contribution < -0.4 is 14.8 Å². The fourth-order valence-corrected chi connectivity index (χ4v) is 3.07. The number of ether oxygens (including phenoxy) is 3. The van der Waals surface area contributed by atoms with E-state index in [1.54, 1.807) is 0 Å². The lowest BCUT2D eigenvalue weighted by molar-refractivity contribution is 0.00547.